The van der Waals surface area contributed by atoms with Gasteiger partial charge in [-0.15, -0.1) is 0 Å². The largest absolute Gasteiger partial charge is 0.300 e. The van der Waals surface area contributed by atoms with Crippen molar-refractivity contribution in [1.29, 1.82) is 0 Å². The molecule has 0 unspecified atom stereocenters. The molecule has 0 spiro atoms. The van der Waals surface area contributed by atoms with Crippen molar-refractivity contribution in [3.05, 3.63) is 0 Å². The minimum absolute atomic E-state index is 0.251. The summed E-state index contributed by atoms with van der Waals surface area (Å²) in [5.74, 6) is 0. The molecular weight excluding hydrogens is 112 g/mol. The second-order valence-corrected chi connectivity index (χ2v) is 2.25. The van der Waals surface area contributed by atoms with Crippen LogP contribution in [0.2, 0.25) is 0 Å². The SMILES string of the molecule is CN1C[C@H](F)[C@@H](F)C1. The highest BCUT2D eigenvalue weighted by atomic mass is 19.2. The normalized spacial score (nSPS) is 40.9. The first-order chi connectivity index (χ1) is 3.70. The maximum atomic E-state index is 12.2. The van der Waals surface area contributed by atoms with Gasteiger partial charge in [0, 0.05) is 13.1 Å². The number of likely N-dealkylation sites (tertiary alicyclic amines) is 1. The third-order valence-electron chi connectivity index (χ3n) is 1.36. The standard InChI is InChI=1S/C5H9F2N/c1-8-2-4(6)5(7)3-8/h4-5H,2-3H2,1H3/t4-,5-/m0/s1. The summed E-state index contributed by atoms with van der Waals surface area (Å²) in [6.07, 6.45) is -2.50. The molecule has 1 aliphatic rings. The van der Waals surface area contributed by atoms with Crippen LogP contribution >= 0.6 is 0 Å². The molecule has 8 heavy (non-hydrogen) atoms. The first-order valence-electron chi connectivity index (χ1n) is 2.67. The second kappa shape index (κ2) is 1.97. The highest BCUT2D eigenvalue weighted by Crippen LogP contribution is 2.13. The Hall–Kier alpha value is -0.180. The van der Waals surface area contributed by atoms with Crippen LogP contribution in [0.15, 0.2) is 0 Å². The number of hydrogen-bond acceptors (Lipinski definition) is 1. The summed E-state index contributed by atoms with van der Waals surface area (Å²) < 4.78 is 24.3. The number of rotatable bonds is 0. The lowest BCUT2D eigenvalue weighted by atomic mass is 10.3. The zero-order valence-corrected chi connectivity index (χ0v) is 4.77. The van der Waals surface area contributed by atoms with Crippen LogP contribution in [0.1, 0.15) is 0 Å². The average Bonchev–Trinajstić information content (AvgIpc) is 1.85. The molecular formula is C5H9F2N. The van der Waals surface area contributed by atoms with Crippen molar-refractivity contribution in [1.82, 2.24) is 4.90 Å². The Bertz CT molecular complexity index is 76.5. The van der Waals surface area contributed by atoms with Crippen molar-refractivity contribution in [2.45, 2.75) is 12.3 Å². The Morgan fingerprint density at radius 3 is 1.75 bits per heavy atom. The third-order valence-corrected chi connectivity index (χ3v) is 1.36. The molecule has 1 saturated heterocycles. The summed E-state index contributed by atoms with van der Waals surface area (Å²) >= 11 is 0. The minimum Gasteiger partial charge on any atom is -0.300 e. The molecule has 1 nitrogen and oxygen atoms in total. The lowest BCUT2D eigenvalue weighted by Crippen LogP contribution is -2.13. The zero-order chi connectivity index (χ0) is 6.15. The molecule has 1 fully saturated rings. The molecule has 0 aromatic rings. The smallest absolute Gasteiger partial charge is 0.145 e. The maximum absolute atomic E-state index is 12.2. The van der Waals surface area contributed by atoms with Crippen molar-refractivity contribution in [2.24, 2.45) is 0 Å². The fraction of sp³-hybridized carbons (Fsp3) is 1.00. The van der Waals surface area contributed by atoms with E-state index in [1.807, 2.05) is 0 Å². The molecule has 0 aliphatic carbocycles. The molecule has 1 heterocycles. The van der Waals surface area contributed by atoms with Gasteiger partial charge in [-0.3, -0.25) is 0 Å². The molecule has 0 N–H and O–H groups in total. The maximum Gasteiger partial charge on any atom is 0.145 e. The number of alkyl halides is 2. The van der Waals surface area contributed by atoms with Crippen LogP contribution < -0.4 is 0 Å². The average molecular weight is 121 g/mol. The van der Waals surface area contributed by atoms with Gasteiger partial charge in [-0.2, -0.15) is 0 Å². The molecule has 1 aliphatic heterocycles. The number of halogens is 2. The van der Waals surface area contributed by atoms with Crippen LogP contribution in [0.3, 0.4) is 0 Å². The molecule has 0 aromatic heterocycles. The summed E-state index contributed by atoms with van der Waals surface area (Å²) in [5.41, 5.74) is 0. The van der Waals surface area contributed by atoms with Gasteiger partial charge in [0.25, 0.3) is 0 Å². The highest BCUT2D eigenvalue weighted by molar-refractivity contribution is 4.81. The van der Waals surface area contributed by atoms with Gasteiger partial charge in [-0.1, -0.05) is 0 Å². The summed E-state index contributed by atoms with van der Waals surface area (Å²) in [6.45, 7) is 0.502. The Labute approximate surface area is 47.3 Å². The molecule has 1 rings (SSSR count). The molecule has 0 saturated carbocycles. The van der Waals surface area contributed by atoms with Gasteiger partial charge in [0.15, 0.2) is 0 Å². The van der Waals surface area contributed by atoms with Crippen molar-refractivity contribution in [2.75, 3.05) is 20.1 Å². The van der Waals surface area contributed by atoms with Gasteiger partial charge in [0.05, 0.1) is 0 Å². The van der Waals surface area contributed by atoms with Gasteiger partial charge in [-0.25, -0.2) is 8.78 Å². The number of hydrogen-bond donors (Lipinski definition) is 0. The van der Waals surface area contributed by atoms with Gasteiger partial charge >= 0.3 is 0 Å². The minimum atomic E-state index is -1.25. The zero-order valence-electron chi connectivity index (χ0n) is 4.77. The van der Waals surface area contributed by atoms with Gasteiger partial charge in [-0.05, 0) is 7.05 Å². The van der Waals surface area contributed by atoms with Crippen molar-refractivity contribution >= 4 is 0 Å². The Morgan fingerprint density at radius 2 is 1.62 bits per heavy atom. The van der Waals surface area contributed by atoms with E-state index in [0.717, 1.165) is 0 Å². The van der Waals surface area contributed by atoms with Crippen LogP contribution in [0.5, 0.6) is 0 Å². The molecule has 48 valence electrons. The van der Waals surface area contributed by atoms with Gasteiger partial charge in [0.2, 0.25) is 0 Å². The predicted octanol–water partition coefficient (Wildman–Crippen LogP) is 0.608. The van der Waals surface area contributed by atoms with E-state index < -0.39 is 12.3 Å². The van der Waals surface area contributed by atoms with Crippen LogP contribution in [0.4, 0.5) is 8.78 Å². The summed E-state index contributed by atoms with van der Waals surface area (Å²) in [6, 6.07) is 0. The summed E-state index contributed by atoms with van der Waals surface area (Å²) in [5, 5.41) is 0. The van der Waals surface area contributed by atoms with Crippen molar-refractivity contribution < 1.29 is 8.78 Å². The van der Waals surface area contributed by atoms with Crippen LogP contribution in [-0.4, -0.2) is 37.4 Å². The van der Waals surface area contributed by atoms with E-state index in [0.29, 0.717) is 0 Å². The molecule has 0 amide bonds. The van der Waals surface area contributed by atoms with Crippen molar-refractivity contribution in [3.63, 3.8) is 0 Å². The molecule has 3 heteroatoms. The van der Waals surface area contributed by atoms with Crippen LogP contribution in [0.25, 0.3) is 0 Å². The fourth-order valence-corrected chi connectivity index (χ4v) is 0.899. The predicted molar refractivity (Wildman–Crippen MR) is 27.3 cm³/mol. The highest BCUT2D eigenvalue weighted by Gasteiger charge is 2.29. The molecule has 0 bridgehead atoms. The number of nitrogens with zero attached hydrogens (tertiary/aromatic N) is 1. The van der Waals surface area contributed by atoms with Crippen LogP contribution in [0, 0.1) is 0 Å². The summed E-state index contributed by atoms with van der Waals surface area (Å²) in [7, 11) is 1.71. The first-order valence-corrected chi connectivity index (χ1v) is 2.67. The van der Waals surface area contributed by atoms with Gasteiger partial charge < -0.3 is 4.90 Å². The molecule has 0 aromatic carbocycles. The Morgan fingerprint density at radius 1 is 1.25 bits per heavy atom. The summed E-state index contributed by atoms with van der Waals surface area (Å²) in [4.78, 5) is 1.65. The second-order valence-electron chi connectivity index (χ2n) is 2.25. The third kappa shape index (κ3) is 0.968. The lowest BCUT2D eigenvalue weighted by Gasteiger charge is -2.01. The Balaban J connectivity index is 2.39. The lowest BCUT2D eigenvalue weighted by molar-refractivity contribution is 0.217. The van der Waals surface area contributed by atoms with E-state index >= 15 is 0 Å². The Kier molecular flexibility index (Phi) is 1.47. The van der Waals surface area contributed by atoms with E-state index in [1.54, 1.807) is 11.9 Å². The van der Waals surface area contributed by atoms with E-state index in [1.165, 1.54) is 0 Å². The molecule has 2 atom stereocenters. The first kappa shape index (κ1) is 5.95. The van der Waals surface area contributed by atoms with E-state index in [-0.39, 0.29) is 13.1 Å². The quantitative estimate of drug-likeness (QED) is 0.454. The molecule has 0 radical (unpaired) electrons. The van der Waals surface area contributed by atoms with E-state index in [9.17, 15) is 8.78 Å². The van der Waals surface area contributed by atoms with Gasteiger partial charge in [0.1, 0.15) is 12.3 Å². The van der Waals surface area contributed by atoms with E-state index in [4.69, 9.17) is 0 Å². The fourth-order valence-electron chi connectivity index (χ4n) is 0.899. The van der Waals surface area contributed by atoms with E-state index in [2.05, 4.69) is 0 Å². The van der Waals surface area contributed by atoms with Crippen molar-refractivity contribution in [3.8, 4) is 0 Å². The topological polar surface area (TPSA) is 3.24 Å². The monoisotopic (exact) mass is 121 g/mol. The van der Waals surface area contributed by atoms with Crippen LogP contribution in [-0.2, 0) is 0 Å².